The number of carbonyl (C=O) groups is 1. The van der Waals surface area contributed by atoms with Gasteiger partial charge in [-0.25, -0.2) is 0 Å². The van der Waals surface area contributed by atoms with Crippen molar-refractivity contribution < 1.29 is 4.79 Å². The molecule has 0 N–H and O–H groups in total. The van der Waals surface area contributed by atoms with Gasteiger partial charge in [-0.3, -0.25) is 4.79 Å². The third-order valence-corrected chi connectivity index (χ3v) is 4.29. The SMILES string of the molecule is Cc1csc(N2CC(CCl)CC2=O)c1C#N. The summed E-state index contributed by atoms with van der Waals surface area (Å²) in [6, 6.07) is 2.16. The van der Waals surface area contributed by atoms with Crippen molar-refractivity contribution in [1.29, 1.82) is 5.26 Å². The second kappa shape index (κ2) is 4.44. The summed E-state index contributed by atoms with van der Waals surface area (Å²) in [7, 11) is 0. The van der Waals surface area contributed by atoms with Crippen molar-refractivity contribution in [3.05, 3.63) is 16.5 Å². The molecule has 1 aromatic heterocycles. The molecule has 1 atom stereocenters. The number of alkyl halides is 1. The fraction of sp³-hybridized carbons (Fsp3) is 0.455. The van der Waals surface area contributed by atoms with Crippen molar-refractivity contribution in [2.45, 2.75) is 13.3 Å². The van der Waals surface area contributed by atoms with Crippen molar-refractivity contribution in [3.63, 3.8) is 0 Å². The van der Waals surface area contributed by atoms with E-state index in [2.05, 4.69) is 6.07 Å². The lowest BCUT2D eigenvalue weighted by atomic mass is 10.1. The van der Waals surface area contributed by atoms with Crippen molar-refractivity contribution in [2.24, 2.45) is 5.92 Å². The van der Waals surface area contributed by atoms with E-state index in [4.69, 9.17) is 16.9 Å². The molecule has 0 radical (unpaired) electrons. The van der Waals surface area contributed by atoms with E-state index >= 15 is 0 Å². The third-order valence-electron chi connectivity index (χ3n) is 2.74. The number of anilines is 1. The molecule has 1 aromatic rings. The van der Waals surface area contributed by atoms with E-state index in [0.717, 1.165) is 10.6 Å². The van der Waals surface area contributed by atoms with Crippen LogP contribution in [0.25, 0.3) is 0 Å². The molecule has 3 nitrogen and oxygen atoms in total. The molecule has 0 aromatic carbocycles. The van der Waals surface area contributed by atoms with E-state index < -0.39 is 0 Å². The topological polar surface area (TPSA) is 44.1 Å². The summed E-state index contributed by atoms with van der Waals surface area (Å²) in [6.07, 6.45) is 0.491. The number of hydrogen-bond acceptors (Lipinski definition) is 3. The fourth-order valence-electron chi connectivity index (χ4n) is 1.85. The maximum Gasteiger partial charge on any atom is 0.228 e. The quantitative estimate of drug-likeness (QED) is 0.762. The lowest BCUT2D eigenvalue weighted by Gasteiger charge is -2.14. The summed E-state index contributed by atoms with van der Waals surface area (Å²) >= 11 is 7.22. The molecule has 84 valence electrons. The smallest absolute Gasteiger partial charge is 0.228 e. The highest BCUT2D eigenvalue weighted by atomic mass is 35.5. The molecule has 1 saturated heterocycles. The number of aryl methyl sites for hydroxylation is 1. The number of amides is 1. The van der Waals surface area contributed by atoms with Gasteiger partial charge >= 0.3 is 0 Å². The molecular weight excluding hydrogens is 244 g/mol. The number of nitriles is 1. The predicted molar refractivity (Wildman–Crippen MR) is 65.0 cm³/mol. The van der Waals surface area contributed by atoms with Crippen LogP contribution < -0.4 is 4.90 Å². The van der Waals surface area contributed by atoms with Crippen LogP contribution in [0.4, 0.5) is 5.00 Å². The second-order valence-electron chi connectivity index (χ2n) is 3.94. The van der Waals surface area contributed by atoms with Crippen LogP contribution in [-0.2, 0) is 4.79 Å². The van der Waals surface area contributed by atoms with Gasteiger partial charge in [0.15, 0.2) is 0 Å². The average Bonchev–Trinajstić information content (AvgIpc) is 2.81. The number of nitrogens with zero attached hydrogens (tertiary/aromatic N) is 2. The minimum Gasteiger partial charge on any atom is -0.302 e. The van der Waals surface area contributed by atoms with Crippen LogP contribution in [-0.4, -0.2) is 18.3 Å². The third kappa shape index (κ3) is 1.81. The lowest BCUT2D eigenvalue weighted by molar-refractivity contribution is -0.117. The molecule has 1 fully saturated rings. The summed E-state index contributed by atoms with van der Waals surface area (Å²) < 4.78 is 0. The maximum absolute atomic E-state index is 11.8. The van der Waals surface area contributed by atoms with Crippen LogP contribution in [0.1, 0.15) is 17.5 Å². The molecule has 1 amide bonds. The Hall–Kier alpha value is -1.05. The zero-order chi connectivity index (χ0) is 11.7. The highest BCUT2D eigenvalue weighted by molar-refractivity contribution is 7.14. The molecule has 0 bridgehead atoms. The van der Waals surface area contributed by atoms with Crippen LogP contribution in [0.15, 0.2) is 5.38 Å². The van der Waals surface area contributed by atoms with Crippen LogP contribution in [0.2, 0.25) is 0 Å². The molecule has 1 unspecified atom stereocenters. The van der Waals surface area contributed by atoms with E-state index in [0.29, 0.717) is 24.4 Å². The van der Waals surface area contributed by atoms with Gasteiger partial charge in [0.05, 0.1) is 5.56 Å². The zero-order valence-corrected chi connectivity index (χ0v) is 10.4. The first-order valence-electron chi connectivity index (χ1n) is 5.02. The molecule has 16 heavy (non-hydrogen) atoms. The van der Waals surface area contributed by atoms with Crippen LogP contribution in [0.5, 0.6) is 0 Å². The average molecular weight is 255 g/mol. The fourth-order valence-corrected chi connectivity index (χ4v) is 3.09. The Morgan fingerprint density at radius 1 is 1.75 bits per heavy atom. The number of rotatable bonds is 2. The number of halogens is 1. The van der Waals surface area contributed by atoms with E-state index in [1.165, 1.54) is 11.3 Å². The Labute approximate surface area is 103 Å². The number of carbonyl (C=O) groups excluding carboxylic acids is 1. The standard InChI is InChI=1S/C11H11ClN2OS/c1-7-6-16-11(9(7)4-13)14-5-8(3-12)2-10(14)15/h6,8H,2-3,5H2,1H3. The van der Waals surface area contributed by atoms with Crippen molar-refractivity contribution in [1.82, 2.24) is 0 Å². The minimum atomic E-state index is 0.0731. The predicted octanol–water partition coefficient (Wildman–Crippen LogP) is 2.52. The first kappa shape index (κ1) is 11.4. The van der Waals surface area contributed by atoms with Crippen molar-refractivity contribution >= 4 is 33.8 Å². The Morgan fingerprint density at radius 3 is 3.06 bits per heavy atom. The van der Waals surface area contributed by atoms with E-state index in [-0.39, 0.29) is 11.8 Å². The molecule has 5 heteroatoms. The highest BCUT2D eigenvalue weighted by Crippen LogP contribution is 2.35. The Balaban J connectivity index is 2.32. The maximum atomic E-state index is 11.8. The van der Waals surface area contributed by atoms with E-state index in [1.807, 2.05) is 12.3 Å². The minimum absolute atomic E-state index is 0.0731. The zero-order valence-electron chi connectivity index (χ0n) is 8.86. The normalized spacial score (nSPS) is 20.2. The molecule has 1 aliphatic rings. The van der Waals surface area contributed by atoms with Crippen LogP contribution in [0, 0.1) is 24.2 Å². The number of hydrogen-bond donors (Lipinski definition) is 0. The highest BCUT2D eigenvalue weighted by Gasteiger charge is 2.32. The van der Waals surface area contributed by atoms with Crippen molar-refractivity contribution in [3.8, 4) is 6.07 Å². The summed E-state index contributed by atoms with van der Waals surface area (Å²) in [5.74, 6) is 0.779. The largest absolute Gasteiger partial charge is 0.302 e. The molecule has 2 heterocycles. The number of thiophene rings is 1. The lowest BCUT2D eigenvalue weighted by Crippen LogP contribution is -2.24. The molecule has 1 aliphatic heterocycles. The molecule has 0 spiro atoms. The van der Waals surface area contributed by atoms with Gasteiger partial charge in [0, 0.05) is 18.8 Å². The molecule has 0 aliphatic carbocycles. The molecular formula is C11H11ClN2OS. The van der Waals surface area contributed by atoms with E-state index in [9.17, 15) is 4.79 Å². The van der Waals surface area contributed by atoms with Gasteiger partial charge in [-0.2, -0.15) is 5.26 Å². The van der Waals surface area contributed by atoms with Gasteiger partial charge in [0.1, 0.15) is 11.1 Å². The van der Waals surface area contributed by atoms with Gasteiger partial charge in [0.25, 0.3) is 0 Å². The van der Waals surface area contributed by atoms with Crippen LogP contribution in [0.3, 0.4) is 0 Å². The Bertz CT molecular complexity index is 463. The summed E-state index contributed by atoms with van der Waals surface area (Å²) in [5, 5.41) is 11.7. The summed E-state index contributed by atoms with van der Waals surface area (Å²) in [6.45, 7) is 2.52. The second-order valence-corrected chi connectivity index (χ2v) is 5.11. The Kier molecular flexibility index (Phi) is 3.17. The molecule has 0 saturated carbocycles. The first-order chi connectivity index (χ1) is 7.67. The van der Waals surface area contributed by atoms with Gasteiger partial charge in [-0.05, 0) is 23.8 Å². The van der Waals surface area contributed by atoms with Crippen molar-refractivity contribution in [2.75, 3.05) is 17.3 Å². The monoisotopic (exact) mass is 254 g/mol. The van der Waals surface area contributed by atoms with Gasteiger partial charge in [-0.15, -0.1) is 22.9 Å². The molecule has 2 rings (SSSR count). The van der Waals surface area contributed by atoms with Gasteiger partial charge in [-0.1, -0.05) is 0 Å². The van der Waals surface area contributed by atoms with E-state index in [1.54, 1.807) is 4.90 Å². The summed E-state index contributed by atoms with van der Waals surface area (Å²) in [4.78, 5) is 13.5. The summed E-state index contributed by atoms with van der Waals surface area (Å²) in [5.41, 5.74) is 1.55. The van der Waals surface area contributed by atoms with Gasteiger partial charge in [0.2, 0.25) is 5.91 Å². The first-order valence-corrected chi connectivity index (χ1v) is 6.43. The van der Waals surface area contributed by atoms with Gasteiger partial charge < -0.3 is 4.90 Å². The van der Waals surface area contributed by atoms with Crippen LogP contribution >= 0.6 is 22.9 Å². The Morgan fingerprint density at radius 2 is 2.50 bits per heavy atom.